The molecule has 7 heteroatoms. The zero-order valence-corrected chi connectivity index (χ0v) is 15.4. The highest BCUT2D eigenvalue weighted by atomic mass is 35.5. The molecule has 0 fully saturated rings. The zero-order chi connectivity index (χ0) is 18.0. The van der Waals surface area contributed by atoms with Crippen LogP contribution in [0.15, 0.2) is 42.6 Å². The molecule has 130 valence electrons. The third-order valence-electron chi connectivity index (χ3n) is 3.87. The summed E-state index contributed by atoms with van der Waals surface area (Å²) in [5, 5.41) is 4.33. The largest absolute Gasteiger partial charge is 0.336 e. The molecule has 0 radical (unpaired) electrons. The fourth-order valence-electron chi connectivity index (χ4n) is 2.65. The number of aromatic nitrogens is 2. The molecule has 1 aromatic carbocycles. The van der Waals surface area contributed by atoms with Crippen LogP contribution in [-0.4, -0.2) is 27.6 Å². The Bertz CT molecular complexity index is 888. The smallest absolute Gasteiger partial charge is 0.257 e. The van der Waals surface area contributed by atoms with Crippen LogP contribution in [0.5, 0.6) is 0 Å². The van der Waals surface area contributed by atoms with Gasteiger partial charge in [-0.15, -0.1) is 11.3 Å². The zero-order valence-electron chi connectivity index (χ0n) is 13.9. The molecule has 0 spiro atoms. The topological polar surface area (TPSA) is 38.1 Å². The Hall–Kier alpha value is -2.18. The summed E-state index contributed by atoms with van der Waals surface area (Å²) in [4.78, 5) is 15.5. The first kappa shape index (κ1) is 17.6. The summed E-state index contributed by atoms with van der Waals surface area (Å²) < 4.78 is 15.5. The minimum Gasteiger partial charge on any atom is -0.336 e. The molecule has 0 N–H and O–H groups in total. The van der Waals surface area contributed by atoms with Gasteiger partial charge in [0.1, 0.15) is 5.82 Å². The second-order valence-corrected chi connectivity index (χ2v) is 7.41. The molecular weight excluding hydrogens is 361 g/mol. The number of nitrogens with zero attached hydrogens (tertiary/aromatic N) is 3. The predicted octanol–water partition coefficient (Wildman–Crippen LogP) is 4.56. The van der Waals surface area contributed by atoms with Crippen molar-refractivity contribution in [3.8, 4) is 5.69 Å². The molecule has 2 aromatic heterocycles. The monoisotopic (exact) mass is 377 g/mol. The maximum absolute atomic E-state index is 13.1. The van der Waals surface area contributed by atoms with Gasteiger partial charge in [0.2, 0.25) is 0 Å². The van der Waals surface area contributed by atoms with Gasteiger partial charge in [0.05, 0.1) is 34.0 Å². The number of halogens is 2. The Morgan fingerprint density at radius 1 is 1.28 bits per heavy atom. The normalized spacial score (nSPS) is 10.9. The van der Waals surface area contributed by atoms with E-state index in [2.05, 4.69) is 5.10 Å². The summed E-state index contributed by atoms with van der Waals surface area (Å²) in [5.41, 5.74) is 2.08. The minimum atomic E-state index is -0.306. The van der Waals surface area contributed by atoms with Crippen molar-refractivity contribution < 1.29 is 9.18 Å². The van der Waals surface area contributed by atoms with Crippen molar-refractivity contribution in [1.82, 2.24) is 14.7 Å². The number of carbonyl (C=O) groups is 1. The first-order valence-electron chi connectivity index (χ1n) is 7.82. The van der Waals surface area contributed by atoms with Gasteiger partial charge in [-0.1, -0.05) is 18.5 Å². The van der Waals surface area contributed by atoms with Gasteiger partial charge in [-0.3, -0.25) is 4.79 Å². The Labute approximate surface area is 154 Å². The molecule has 0 unspecified atom stereocenters. The van der Waals surface area contributed by atoms with Gasteiger partial charge < -0.3 is 4.90 Å². The van der Waals surface area contributed by atoms with Gasteiger partial charge in [-0.05, 0) is 42.8 Å². The number of thiophene rings is 1. The van der Waals surface area contributed by atoms with Gasteiger partial charge in [0.25, 0.3) is 5.91 Å². The van der Waals surface area contributed by atoms with E-state index >= 15 is 0 Å². The molecular formula is C18H17ClFN3OS. The van der Waals surface area contributed by atoms with Gasteiger partial charge in [0.15, 0.2) is 0 Å². The first-order chi connectivity index (χ1) is 12.0. The van der Waals surface area contributed by atoms with E-state index in [1.54, 1.807) is 35.0 Å². The molecule has 3 rings (SSSR count). The first-order valence-corrected chi connectivity index (χ1v) is 9.01. The van der Waals surface area contributed by atoms with E-state index in [1.165, 1.54) is 23.5 Å². The van der Waals surface area contributed by atoms with Crippen LogP contribution in [0, 0.1) is 5.82 Å². The number of amides is 1. The van der Waals surface area contributed by atoms with E-state index in [9.17, 15) is 9.18 Å². The van der Waals surface area contributed by atoms with E-state index in [0.29, 0.717) is 22.9 Å². The van der Waals surface area contributed by atoms with Crippen LogP contribution in [0.25, 0.3) is 5.69 Å². The van der Waals surface area contributed by atoms with Gasteiger partial charge in [-0.25, -0.2) is 9.07 Å². The van der Waals surface area contributed by atoms with Crippen molar-refractivity contribution in [3.05, 3.63) is 68.9 Å². The van der Waals surface area contributed by atoms with Crippen LogP contribution in [0.4, 0.5) is 4.39 Å². The molecule has 0 saturated heterocycles. The molecule has 0 atom stereocenters. The summed E-state index contributed by atoms with van der Waals surface area (Å²) >= 11 is 7.40. The number of hydrogen-bond donors (Lipinski definition) is 0. The van der Waals surface area contributed by atoms with Crippen LogP contribution >= 0.6 is 22.9 Å². The molecule has 1 amide bonds. The molecule has 0 aliphatic carbocycles. The van der Waals surface area contributed by atoms with Crippen molar-refractivity contribution in [1.29, 1.82) is 0 Å². The maximum Gasteiger partial charge on any atom is 0.257 e. The Morgan fingerprint density at radius 2 is 2.00 bits per heavy atom. The Balaban J connectivity index is 1.86. The standard InChI is InChI=1S/C18H17ClFN3OS/c1-3-16-15(10-21-23(16)13-6-4-12(20)5-7-13)18(24)22(2)11-14-8-9-17(19)25-14/h4-10H,3,11H2,1-2H3. The summed E-state index contributed by atoms with van der Waals surface area (Å²) in [6, 6.07) is 9.79. The molecule has 0 aliphatic rings. The number of carbonyl (C=O) groups excluding carboxylic acids is 1. The third-order valence-corrected chi connectivity index (χ3v) is 5.09. The molecule has 0 saturated carbocycles. The highest BCUT2D eigenvalue weighted by molar-refractivity contribution is 7.16. The van der Waals surface area contributed by atoms with Gasteiger partial charge in [-0.2, -0.15) is 5.10 Å². The SMILES string of the molecule is CCc1c(C(=O)N(C)Cc2ccc(Cl)s2)cnn1-c1ccc(F)cc1. The molecule has 0 bridgehead atoms. The van der Waals surface area contributed by atoms with Crippen molar-refractivity contribution in [2.24, 2.45) is 0 Å². The Morgan fingerprint density at radius 3 is 2.60 bits per heavy atom. The second-order valence-electron chi connectivity index (χ2n) is 5.61. The van der Waals surface area contributed by atoms with Crippen LogP contribution in [0.1, 0.15) is 27.9 Å². The predicted molar refractivity (Wildman–Crippen MR) is 98.0 cm³/mol. The second kappa shape index (κ2) is 7.37. The minimum absolute atomic E-state index is 0.102. The molecule has 2 heterocycles. The highest BCUT2D eigenvalue weighted by Crippen LogP contribution is 2.24. The molecule has 3 aromatic rings. The average molecular weight is 378 g/mol. The lowest BCUT2D eigenvalue weighted by Crippen LogP contribution is -2.26. The van der Waals surface area contributed by atoms with Crippen molar-refractivity contribution in [2.75, 3.05) is 7.05 Å². The van der Waals surface area contributed by atoms with E-state index < -0.39 is 0 Å². The lowest BCUT2D eigenvalue weighted by atomic mass is 10.1. The summed E-state index contributed by atoms with van der Waals surface area (Å²) in [6.45, 7) is 2.45. The number of benzene rings is 1. The highest BCUT2D eigenvalue weighted by Gasteiger charge is 2.20. The fourth-order valence-corrected chi connectivity index (χ4v) is 3.79. The van der Waals surface area contributed by atoms with Gasteiger partial charge >= 0.3 is 0 Å². The van der Waals surface area contributed by atoms with E-state index in [0.717, 1.165) is 16.3 Å². The molecule has 25 heavy (non-hydrogen) atoms. The molecule has 4 nitrogen and oxygen atoms in total. The van der Waals surface area contributed by atoms with Crippen LogP contribution < -0.4 is 0 Å². The maximum atomic E-state index is 13.1. The molecule has 0 aliphatic heterocycles. The van der Waals surface area contributed by atoms with E-state index in [4.69, 9.17) is 11.6 Å². The average Bonchev–Trinajstić information content (AvgIpc) is 3.20. The van der Waals surface area contributed by atoms with Crippen LogP contribution in [-0.2, 0) is 13.0 Å². The van der Waals surface area contributed by atoms with Crippen LogP contribution in [0.3, 0.4) is 0 Å². The van der Waals surface area contributed by atoms with E-state index in [1.807, 2.05) is 19.1 Å². The number of hydrogen-bond acceptors (Lipinski definition) is 3. The van der Waals surface area contributed by atoms with Gasteiger partial charge in [0, 0.05) is 11.9 Å². The fraction of sp³-hybridized carbons (Fsp3) is 0.222. The number of rotatable bonds is 5. The summed E-state index contributed by atoms with van der Waals surface area (Å²) in [5.74, 6) is -0.408. The van der Waals surface area contributed by atoms with E-state index in [-0.39, 0.29) is 11.7 Å². The Kier molecular flexibility index (Phi) is 5.20. The van der Waals surface area contributed by atoms with Crippen molar-refractivity contribution >= 4 is 28.8 Å². The summed E-state index contributed by atoms with van der Waals surface area (Å²) in [6.07, 6.45) is 2.21. The quantitative estimate of drug-likeness (QED) is 0.653. The summed E-state index contributed by atoms with van der Waals surface area (Å²) in [7, 11) is 1.75. The van der Waals surface area contributed by atoms with Crippen LogP contribution in [0.2, 0.25) is 4.34 Å². The third kappa shape index (κ3) is 3.75. The van der Waals surface area contributed by atoms with Crippen molar-refractivity contribution in [2.45, 2.75) is 19.9 Å². The lowest BCUT2D eigenvalue weighted by molar-refractivity contribution is 0.0785. The lowest BCUT2D eigenvalue weighted by Gasteiger charge is -2.16. The van der Waals surface area contributed by atoms with Crippen molar-refractivity contribution in [3.63, 3.8) is 0 Å².